The highest BCUT2D eigenvalue weighted by Gasteiger charge is 2.12. The average Bonchev–Trinajstić information content (AvgIpc) is 3.21. The van der Waals surface area contributed by atoms with Crippen LogP contribution in [0.25, 0.3) is 6.08 Å². The van der Waals surface area contributed by atoms with Crippen molar-refractivity contribution in [1.29, 1.82) is 0 Å². The lowest BCUT2D eigenvalue weighted by Crippen LogP contribution is -2.21. The SMILES string of the molecule is CCN(CC)c1ccc(/C=N\NC(=O)/C=C/C=C/c2ccc3c(c2)OCO3)c(O)c1. The number of phenolic OH excluding ortho intramolecular Hbond substituents is 1. The number of hydrazone groups is 1. The van der Waals surface area contributed by atoms with Crippen LogP contribution >= 0.6 is 0 Å². The zero-order valence-corrected chi connectivity index (χ0v) is 17.0. The summed E-state index contributed by atoms with van der Waals surface area (Å²) in [6.07, 6.45) is 7.99. The van der Waals surface area contributed by atoms with Gasteiger partial charge in [0.1, 0.15) is 5.75 Å². The molecule has 0 spiro atoms. The third-order valence-corrected chi connectivity index (χ3v) is 4.56. The molecule has 7 heteroatoms. The maximum absolute atomic E-state index is 11.9. The number of benzene rings is 2. The van der Waals surface area contributed by atoms with Crippen molar-refractivity contribution >= 4 is 23.9 Å². The summed E-state index contributed by atoms with van der Waals surface area (Å²) in [4.78, 5) is 14.0. The van der Waals surface area contributed by atoms with Gasteiger partial charge in [-0.25, -0.2) is 5.43 Å². The first-order valence-electron chi connectivity index (χ1n) is 9.76. The van der Waals surface area contributed by atoms with Crippen molar-refractivity contribution in [2.75, 3.05) is 24.8 Å². The van der Waals surface area contributed by atoms with E-state index in [1.54, 1.807) is 24.3 Å². The predicted molar refractivity (Wildman–Crippen MR) is 118 cm³/mol. The monoisotopic (exact) mass is 407 g/mol. The summed E-state index contributed by atoms with van der Waals surface area (Å²) in [6, 6.07) is 11.0. The van der Waals surface area contributed by atoms with Crippen LogP contribution in [-0.2, 0) is 4.79 Å². The van der Waals surface area contributed by atoms with Crippen LogP contribution in [0.15, 0.2) is 59.7 Å². The Kier molecular flexibility index (Phi) is 7.10. The predicted octanol–water partition coefficient (Wildman–Crippen LogP) is 3.69. The van der Waals surface area contributed by atoms with Gasteiger partial charge in [0.2, 0.25) is 6.79 Å². The highest BCUT2D eigenvalue weighted by Crippen LogP contribution is 2.32. The summed E-state index contributed by atoms with van der Waals surface area (Å²) >= 11 is 0. The number of carbonyl (C=O) groups excluding carboxylic acids is 1. The normalized spacial score (nSPS) is 12.9. The fourth-order valence-electron chi connectivity index (χ4n) is 2.96. The molecule has 2 aromatic rings. The van der Waals surface area contributed by atoms with E-state index < -0.39 is 0 Å². The molecule has 1 heterocycles. The zero-order chi connectivity index (χ0) is 21.3. The molecule has 0 bridgehead atoms. The number of rotatable bonds is 8. The van der Waals surface area contributed by atoms with Gasteiger partial charge in [0, 0.05) is 36.5 Å². The van der Waals surface area contributed by atoms with Gasteiger partial charge in [0.15, 0.2) is 11.5 Å². The summed E-state index contributed by atoms with van der Waals surface area (Å²) in [6.45, 7) is 6.07. The number of phenols is 1. The summed E-state index contributed by atoms with van der Waals surface area (Å²) in [5.74, 6) is 1.18. The minimum atomic E-state index is -0.374. The van der Waals surface area contributed by atoms with Gasteiger partial charge in [-0.15, -0.1) is 0 Å². The lowest BCUT2D eigenvalue weighted by Gasteiger charge is -2.21. The second kappa shape index (κ2) is 10.2. The standard InChI is InChI=1S/C23H25N3O4/c1-3-26(4-2)19-11-10-18(20(27)14-19)15-24-25-23(28)8-6-5-7-17-9-12-21-22(13-17)30-16-29-21/h5-15,27H,3-4,16H2,1-2H3,(H,25,28)/b7-5+,8-6+,24-15-. The Morgan fingerprint density at radius 2 is 1.93 bits per heavy atom. The van der Waals surface area contributed by atoms with Gasteiger partial charge in [-0.05, 0) is 43.7 Å². The molecule has 0 saturated carbocycles. The molecule has 1 amide bonds. The minimum Gasteiger partial charge on any atom is -0.507 e. The Bertz CT molecular complexity index is 978. The van der Waals surface area contributed by atoms with Crippen molar-refractivity contribution in [3.63, 3.8) is 0 Å². The van der Waals surface area contributed by atoms with Crippen LogP contribution in [0.2, 0.25) is 0 Å². The molecule has 2 aromatic carbocycles. The summed E-state index contributed by atoms with van der Waals surface area (Å²) in [5.41, 5.74) is 4.81. The molecule has 0 radical (unpaired) electrons. The molecule has 0 aliphatic carbocycles. The van der Waals surface area contributed by atoms with E-state index in [1.807, 2.05) is 30.3 Å². The molecule has 0 saturated heterocycles. The summed E-state index contributed by atoms with van der Waals surface area (Å²) in [7, 11) is 0. The second-order valence-electron chi connectivity index (χ2n) is 6.48. The molecule has 2 N–H and O–H groups in total. The average molecular weight is 407 g/mol. The van der Waals surface area contributed by atoms with Crippen LogP contribution in [0, 0.1) is 0 Å². The molecular formula is C23H25N3O4. The molecule has 156 valence electrons. The minimum absolute atomic E-state index is 0.111. The van der Waals surface area contributed by atoms with E-state index in [0.717, 1.165) is 30.1 Å². The number of hydrogen-bond acceptors (Lipinski definition) is 6. The molecule has 3 rings (SSSR count). The van der Waals surface area contributed by atoms with Crippen molar-refractivity contribution in [3.05, 3.63) is 65.8 Å². The van der Waals surface area contributed by atoms with Crippen LogP contribution in [0.4, 0.5) is 5.69 Å². The molecule has 7 nitrogen and oxygen atoms in total. The van der Waals surface area contributed by atoms with Crippen LogP contribution < -0.4 is 19.8 Å². The topological polar surface area (TPSA) is 83.4 Å². The Labute approximate surface area is 175 Å². The van der Waals surface area contributed by atoms with E-state index in [-0.39, 0.29) is 18.4 Å². The molecule has 0 aromatic heterocycles. The van der Waals surface area contributed by atoms with Crippen molar-refractivity contribution in [3.8, 4) is 17.2 Å². The van der Waals surface area contributed by atoms with Crippen molar-refractivity contribution in [1.82, 2.24) is 5.43 Å². The Morgan fingerprint density at radius 1 is 1.13 bits per heavy atom. The Balaban J connectivity index is 1.51. The maximum Gasteiger partial charge on any atom is 0.264 e. The fourth-order valence-corrected chi connectivity index (χ4v) is 2.96. The first-order valence-corrected chi connectivity index (χ1v) is 9.76. The van der Waals surface area contributed by atoms with E-state index in [0.29, 0.717) is 11.3 Å². The first-order chi connectivity index (χ1) is 14.6. The number of amides is 1. The van der Waals surface area contributed by atoms with Gasteiger partial charge in [-0.1, -0.05) is 24.3 Å². The molecular weight excluding hydrogens is 382 g/mol. The Hall–Kier alpha value is -3.74. The number of carbonyl (C=O) groups is 1. The van der Waals surface area contributed by atoms with Crippen LogP contribution in [-0.4, -0.2) is 37.1 Å². The Morgan fingerprint density at radius 3 is 2.70 bits per heavy atom. The largest absolute Gasteiger partial charge is 0.507 e. The molecule has 0 unspecified atom stereocenters. The number of nitrogens with one attached hydrogen (secondary N) is 1. The molecule has 0 atom stereocenters. The van der Waals surface area contributed by atoms with Gasteiger partial charge in [0.25, 0.3) is 5.91 Å². The number of ether oxygens (including phenoxy) is 2. The van der Waals surface area contributed by atoms with Gasteiger partial charge < -0.3 is 19.5 Å². The van der Waals surface area contributed by atoms with E-state index in [4.69, 9.17) is 9.47 Å². The van der Waals surface area contributed by atoms with Gasteiger partial charge in [-0.3, -0.25) is 4.79 Å². The molecule has 1 aliphatic rings. The van der Waals surface area contributed by atoms with Crippen molar-refractivity contribution in [2.45, 2.75) is 13.8 Å². The number of anilines is 1. The summed E-state index contributed by atoms with van der Waals surface area (Å²) < 4.78 is 10.6. The smallest absolute Gasteiger partial charge is 0.264 e. The number of fused-ring (bicyclic) bond motifs is 1. The number of aromatic hydroxyl groups is 1. The van der Waals surface area contributed by atoms with E-state index in [1.165, 1.54) is 12.3 Å². The van der Waals surface area contributed by atoms with Gasteiger partial charge >= 0.3 is 0 Å². The number of nitrogens with zero attached hydrogens (tertiary/aromatic N) is 2. The lowest BCUT2D eigenvalue weighted by atomic mass is 10.2. The lowest BCUT2D eigenvalue weighted by molar-refractivity contribution is -0.116. The second-order valence-corrected chi connectivity index (χ2v) is 6.48. The zero-order valence-electron chi connectivity index (χ0n) is 17.0. The highest BCUT2D eigenvalue weighted by molar-refractivity contribution is 5.90. The van der Waals surface area contributed by atoms with E-state index >= 15 is 0 Å². The van der Waals surface area contributed by atoms with Crippen LogP contribution in [0.3, 0.4) is 0 Å². The summed E-state index contributed by atoms with van der Waals surface area (Å²) in [5, 5.41) is 14.1. The first kappa shape index (κ1) is 21.0. The molecule has 0 fully saturated rings. The molecule has 1 aliphatic heterocycles. The third-order valence-electron chi connectivity index (χ3n) is 4.56. The maximum atomic E-state index is 11.9. The van der Waals surface area contributed by atoms with Crippen molar-refractivity contribution < 1.29 is 19.4 Å². The molecule has 30 heavy (non-hydrogen) atoms. The third kappa shape index (κ3) is 5.41. The van der Waals surface area contributed by atoms with Gasteiger partial charge in [0.05, 0.1) is 6.21 Å². The number of allylic oxidation sites excluding steroid dienone is 2. The van der Waals surface area contributed by atoms with Crippen LogP contribution in [0.1, 0.15) is 25.0 Å². The quantitative estimate of drug-likeness (QED) is 0.302. The van der Waals surface area contributed by atoms with Gasteiger partial charge in [-0.2, -0.15) is 5.10 Å². The van der Waals surface area contributed by atoms with Crippen LogP contribution in [0.5, 0.6) is 17.2 Å². The fraction of sp³-hybridized carbons (Fsp3) is 0.217. The highest BCUT2D eigenvalue weighted by atomic mass is 16.7. The van der Waals surface area contributed by atoms with E-state index in [2.05, 4.69) is 29.3 Å². The van der Waals surface area contributed by atoms with E-state index in [9.17, 15) is 9.90 Å². The van der Waals surface area contributed by atoms with Crippen molar-refractivity contribution in [2.24, 2.45) is 5.10 Å². The number of hydrogen-bond donors (Lipinski definition) is 2.